The number of halogens is 3. The van der Waals surface area contributed by atoms with Crippen molar-refractivity contribution in [1.82, 2.24) is 9.13 Å². The molecule has 2 aromatic carbocycles. The number of fused-ring (bicyclic) bond motifs is 1. The molecule has 28 heavy (non-hydrogen) atoms. The van der Waals surface area contributed by atoms with Gasteiger partial charge in [0.25, 0.3) is 5.56 Å². The molecule has 0 atom stereocenters. The Morgan fingerprint density at radius 2 is 1.57 bits per heavy atom. The number of aromatic nitrogens is 2. The SMILES string of the molecule is O=c1c2sccc2n(Cc2ccccc2C(F)(F)F)c(=O)n1-c1ccccc1. The zero-order chi connectivity index (χ0) is 19.9. The van der Waals surface area contributed by atoms with E-state index < -0.39 is 23.0 Å². The predicted molar refractivity (Wildman–Crippen MR) is 102 cm³/mol. The number of para-hydroxylation sites is 1. The van der Waals surface area contributed by atoms with Gasteiger partial charge in [0.15, 0.2) is 0 Å². The smallest absolute Gasteiger partial charge is 0.288 e. The molecule has 0 aliphatic heterocycles. The highest BCUT2D eigenvalue weighted by Gasteiger charge is 2.33. The van der Waals surface area contributed by atoms with Gasteiger partial charge in [0.1, 0.15) is 4.70 Å². The molecule has 0 unspecified atom stereocenters. The molecule has 4 aromatic rings. The van der Waals surface area contributed by atoms with E-state index in [1.165, 1.54) is 22.8 Å². The normalized spacial score (nSPS) is 11.8. The molecule has 0 aliphatic carbocycles. The van der Waals surface area contributed by atoms with Crippen molar-refractivity contribution in [3.05, 3.63) is 98.0 Å². The lowest BCUT2D eigenvalue weighted by Crippen LogP contribution is -2.38. The summed E-state index contributed by atoms with van der Waals surface area (Å²) in [6.07, 6.45) is -4.54. The molecule has 2 heterocycles. The van der Waals surface area contributed by atoms with Crippen molar-refractivity contribution >= 4 is 21.6 Å². The summed E-state index contributed by atoms with van der Waals surface area (Å²) >= 11 is 1.15. The highest BCUT2D eigenvalue weighted by atomic mass is 32.1. The lowest BCUT2D eigenvalue weighted by Gasteiger charge is -2.16. The molecule has 142 valence electrons. The molecule has 0 N–H and O–H groups in total. The summed E-state index contributed by atoms with van der Waals surface area (Å²) in [4.78, 5) is 25.9. The Morgan fingerprint density at radius 1 is 0.893 bits per heavy atom. The van der Waals surface area contributed by atoms with Crippen molar-refractivity contribution in [2.45, 2.75) is 12.7 Å². The summed E-state index contributed by atoms with van der Waals surface area (Å²) < 4.78 is 42.6. The third-order valence-electron chi connectivity index (χ3n) is 4.42. The molecule has 2 aromatic heterocycles. The van der Waals surface area contributed by atoms with E-state index in [-0.39, 0.29) is 12.1 Å². The minimum atomic E-state index is -4.54. The standard InChI is InChI=1S/C20H13F3N2O2S/c21-20(22,23)15-9-5-4-6-13(15)12-24-16-10-11-28-17(16)18(26)25(19(24)27)14-7-2-1-3-8-14/h1-11H,12H2. The largest absolute Gasteiger partial charge is 0.416 e. The predicted octanol–water partition coefficient (Wildman–Crippen LogP) is 4.28. The van der Waals surface area contributed by atoms with Crippen LogP contribution in [-0.4, -0.2) is 9.13 Å². The van der Waals surface area contributed by atoms with Gasteiger partial charge in [-0.15, -0.1) is 11.3 Å². The van der Waals surface area contributed by atoms with Gasteiger partial charge in [0.05, 0.1) is 23.3 Å². The maximum absolute atomic E-state index is 13.4. The van der Waals surface area contributed by atoms with E-state index >= 15 is 0 Å². The highest BCUT2D eigenvalue weighted by molar-refractivity contribution is 7.17. The summed E-state index contributed by atoms with van der Waals surface area (Å²) in [5, 5.41) is 1.65. The van der Waals surface area contributed by atoms with E-state index in [1.807, 2.05) is 0 Å². The molecule has 0 saturated heterocycles. The molecule has 0 fully saturated rings. The van der Waals surface area contributed by atoms with Crippen molar-refractivity contribution < 1.29 is 13.2 Å². The van der Waals surface area contributed by atoms with E-state index in [0.717, 1.165) is 22.0 Å². The lowest BCUT2D eigenvalue weighted by molar-refractivity contribution is -0.138. The quantitative estimate of drug-likeness (QED) is 0.513. The molecular weight excluding hydrogens is 389 g/mol. The van der Waals surface area contributed by atoms with Crippen LogP contribution in [-0.2, 0) is 12.7 Å². The van der Waals surface area contributed by atoms with Crippen molar-refractivity contribution in [3.8, 4) is 5.69 Å². The van der Waals surface area contributed by atoms with Gasteiger partial charge in [0.2, 0.25) is 0 Å². The van der Waals surface area contributed by atoms with Crippen LogP contribution >= 0.6 is 11.3 Å². The Labute approximate surface area is 160 Å². The van der Waals surface area contributed by atoms with Gasteiger partial charge in [-0.25, -0.2) is 9.36 Å². The van der Waals surface area contributed by atoms with E-state index in [4.69, 9.17) is 0 Å². The second kappa shape index (κ2) is 6.79. The fourth-order valence-electron chi connectivity index (χ4n) is 3.15. The average Bonchev–Trinajstić information content (AvgIpc) is 3.16. The molecule has 0 amide bonds. The molecule has 8 heteroatoms. The molecule has 0 spiro atoms. The number of thiophene rings is 1. The second-order valence-electron chi connectivity index (χ2n) is 6.13. The fraction of sp³-hybridized carbons (Fsp3) is 0.100. The van der Waals surface area contributed by atoms with Gasteiger partial charge >= 0.3 is 11.9 Å². The van der Waals surface area contributed by atoms with Crippen LogP contribution < -0.4 is 11.2 Å². The average molecular weight is 402 g/mol. The van der Waals surface area contributed by atoms with Gasteiger partial charge < -0.3 is 0 Å². The number of hydrogen-bond acceptors (Lipinski definition) is 3. The molecule has 4 nitrogen and oxygen atoms in total. The van der Waals surface area contributed by atoms with Crippen LogP contribution in [0.25, 0.3) is 15.9 Å². The third kappa shape index (κ3) is 3.05. The summed E-state index contributed by atoms with van der Waals surface area (Å²) in [6, 6.07) is 15.0. The monoisotopic (exact) mass is 402 g/mol. The maximum atomic E-state index is 13.4. The van der Waals surface area contributed by atoms with Crippen LogP contribution in [0.5, 0.6) is 0 Å². The van der Waals surface area contributed by atoms with E-state index in [1.54, 1.807) is 41.8 Å². The lowest BCUT2D eigenvalue weighted by atomic mass is 10.1. The minimum absolute atomic E-state index is 0.0390. The van der Waals surface area contributed by atoms with Crippen LogP contribution in [0.1, 0.15) is 11.1 Å². The topological polar surface area (TPSA) is 44.0 Å². The van der Waals surface area contributed by atoms with Gasteiger partial charge in [-0.2, -0.15) is 13.2 Å². The number of benzene rings is 2. The summed E-state index contributed by atoms with van der Waals surface area (Å²) in [6.45, 7) is -0.297. The second-order valence-corrected chi connectivity index (χ2v) is 7.05. The van der Waals surface area contributed by atoms with Gasteiger partial charge in [-0.3, -0.25) is 9.36 Å². The van der Waals surface area contributed by atoms with Crippen LogP contribution in [0.4, 0.5) is 13.2 Å². The van der Waals surface area contributed by atoms with Crippen LogP contribution in [0.2, 0.25) is 0 Å². The van der Waals surface area contributed by atoms with Crippen molar-refractivity contribution in [1.29, 1.82) is 0 Å². The number of rotatable bonds is 3. The molecule has 4 rings (SSSR count). The van der Waals surface area contributed by atoms with Crippen LogP contribution in [0.3, 0.4) is 0 Å². The van der Waals surface area contributed by atoms with Crippen LogP contribution in [0.15, 0.2) is 75.6 Å². The Balaban J connectivity index is 1.98. The molecule has 0 saturated carbocycles. The third-order valence-corrected chi connectivity index (χ3v) is 5.31. The summed E-state index contributed by atoms with van der Waals surface area (Å²) in [5.74, 6) is 0. The van der Waals surface area contributed by atoms with Gasteiger partial charge in [0, 0.05) is 0 Å². The van der Waals surface area contributed by atoms with Crippen molar-refractivity contribution in [2.24, 2.45) is 0 Å². The van der Waals surface area contributed by atoms with Crippen molar-refractivity contribution in [3.63, 3.8) is 0 Å². The molecule has 0 aliphatic rings. The maximum Gasteiger partial charge on any atom is 0.416 e. The van der Waals surface area contributed by atoms with Gasteiger partial charge in [-0.1, -0.05) is 36.4 Å². The summed E-state index contributed by atoms with van der Waals surface area (Å²) in [7, 11) is 0. The highest BCUT2D eigenvalue weighted by Crippen LogP contribution is 2.32. The van der Waals surface area contributed by atoms with Gasteiger partial charge in [-0.05, 0) is 35.2 Å². The first-order valence-electron chi connectivity index (χ1n) is 8.31. The number of hydrogen-bond donors (Lipinski definition) is 0. The van der Waals surface area contributed by atoms with E-state index in [0.29, 0.717) is 15.9 Å². The first kappa shape index (κ1) is 18.2. The minimum Gasteiger partial charge on any atom is -0.288 e. The van der Waals surface area contributed by atoms with E-state index in [9.17, 15) is 22.8 Å². The van der Waals surface area contributed by atoms with E-state index in [2.05, 4.69) is 0 Å². The zero-order valence-corrected chi connectivity index (χ0v) is 15.1. The number of alkyl halides is 3. The zero-order valence-electron chi connectivity index (χ0n) is 14.3. The summed E-state index contributed by atoms with van der Waals surface area (Å²) in [5.41, 5.74) is -1.32. The first-order chi connectivity index (χ1) is 13.4. The Bertz CT molecular complexity index is 1270. The molecule has 0 radical (unpaired) electrons. The van der Waals surface area contributed by atoms with Crippen molar-refractivity contribution in [2.75, 3.05) is 0 Å². The fourth-order valence-corrected chi connectivity index (χ4v) is 3.97. The molecular formula is C20H13F3N2O2S. The first-order valence-corrected chi connectivity index (χ1v) is 9.19. The Hall–Kier alpha value is -3.13. The Morgan fingerprint density at radius 3 is 2.29 bits per heavy atom. The molecule has 0 bridgehead atoms. The van der Waals surface area contributed by atoms with Crippen LogP contribution in [0, 0.1) is 0 Å². The number of nitrogens with zero attached hydrogens (tertiary/aromatic N) is 2. The Kier molecular flexibility index (Phi) is 4.43.